The minimum atomic E-state index is -4.18. The molecule has 3 nitrogen and oxygen atoms in total. The molecule has 0 aromatic heterocycles. The van der Waals surface area contributed by atoms with Crippen LogP contribution in [0.25, 0.3) is 0 Å². The molecular weight excluding hydrogens is 235 g/mol. The van der Waals surface area contributed by atoms with Crippen LogP contribution >= 0.6 is 0 Å². The Balaban J connectivity index is 1.94. The van der Waals surface area contributed by atoms with Gasteiger partial charge in [-0.05, 0) is 25.7 Å². The maximum Gasteiger partial charge on any atom is 0.391 e. The molecule has 0 spiro atoms. The minimum Gasteiger partial charge on any atom is -0.272 e. The van der Waals surface area contributed by atoms with Crippen molar-refractivity contribution in [2.75, 3.05) is 13.2 Å². The van der Waals surface area contributed by atoms with Crippen molar-refractivity contribution < 1.29 is 22.8 Å². The van der Waals surface area contributed by atoms with E-state index in [4.69, 9.17) is 4.84 Å². The Hall–Kier alpha value is -0.780. The standard InChI is InChI=1S/C11H16F3NO2/c12-11(13,14)9-4-1-3-8(7-9)10(16)15-5-2-6-17-15/h8-9H,1-7H2. The second-order valence-electron chi connectivity index (χ2n) is 4.73. The number of amides is 1. The lowest BCUT2D eigenvalue weighted by Crippen LogP contribution is -2.38. The second-order valence-corrected chi connectivity index (χ2v) is 4.73. The predicted molar refractivity (Wildman–Crippen MR) is 53.8 cm³/mol. The Morgan fingerprint density at radius 1 is 1.24 bits per heavy atom. The van der Waals surface area contributed by atoms with E-state index in [0.717, 1.165) is 6.42 Å². The Morgan fingerprint density at radius 3 is 2.59 bits per heavy atom. The van der Waals surface area contributed by atoms with Gasteiger partial charge in [-0.1, -0.05) is 6.42 Å². The smallest absolute Gasteiger partial charge is 0.272 e. The van der Waals surface area contributed by atoms with Gasteiger partial charge in [0.1, 0.15) is 0 Å². The van der Waals surface area contributed by atoms with Crippen molar-refractivity contribution in [3.05, 3.63) is 0 Å². The highest BCUT2D eigenvalue weighted by molar-refractivity contribution is 5.78. The van der Waals surface area contributed by atoms with Crippen molar-refractivity contribution in [1.82, 2.24) is 5.06 Å². The van der Waals surface area contributed by atoms with E-state index in [9.17, 15) is 18.0 Å². The number of carbonyl (C=O) groups excluding carboxylic acids is 1. The largest absolute Gasteiger partial charge is 0.391 e. The molecule has 1 amide bonds. The molecule has 6 heteroatoms. The van der Waals surface area contributed by atoms with E-state index in [0.29, 0.717) is 26.0 Å². The molecule has 2 atom stereocenters. The summed E-state index contributed by atoms with van der Waals surface area (Å²) in [5.74, 6) is -2.11. The van der Waals surface area contributed by atoms with E-state index < -0.39 is 18.0 Å². The van der Waals surface area contributed by atoms with Crippen molar-refractivity contribution in [3.63, 3.8) is 0 Å². The quantitative estimate of drug-likeness (QED) is 0.716. The summed E-state index contributed by atoms with van der Waals surface area (Å²) in [7, 11) is 0. The molecule has 1 saturated heterocycles. The average molecular weight is 251 g/mol. The van der Waals surface area contributed by atoms with Crippen molar-refractivity contribution in [3.8, 4) is 0 Å². The van der Waals surface area contributed by atoms with E-state index in [-0.39, 0.29) is 18.7 Å². The zero-order valence-electron chi connectivity index (χ0n) is 9.50. The fraction of sp³-hybridized carbons (Fsp3) is 0.909. The summed E-state index contributed by atoms with van der Waals surface area (Å²) in [6, 6.07) is 0. The summed E-state index contributed by atoms with van der Waals surface area (Å²) < 4.78 is 37.8. The molecule has 17 heavy (non-hydrogen) atoms. The van der Waals surface area contributed by atoms with Crippen molar-refractivity contribution in [2.24, 2.45) is 11.8 Å². The van der Waals surface area contributed by atoms with Crippen LogP contribution in [0.3, 0.4) is 0 Å². The number of hydrogen-bond donors (Lipinski definition) is 0. The number of halogens is 3. The number of hydroxylamine groups is 2. The SMILES string of the molecule is O=C(C1CCCC(C(F)(F)F)C1)N1CCCO1. The first-order valence-corrected chi connectivity index (χ1v) is 5.99. The van der Waals surface area contributed by atoms with Gasteiger partial charge in [0.05, 0.1) is 19.1 Å². The van der Waals surface area contributed by atoms with Gasteiger partial charge >= 0.3 is 6.18 Å². The Labute approximate surface area is 97.9 Å². The molecule has 1 aliphatic heterocycles. The van der Waals surface area contributed by atoms with E-state index in [1.165, 1.54) is 5.06 Å². The fourth-order valence-corrected chi connectivity index (χ4v) is 2.54. The topological polar surface area (TPSA) is 29.5 Å². The van der Waals surface area contributed by atoms with Gasteiger partial charge < -0.3 is 0 Å². The number of nitrogens with zero attached hydrogens (tertiary/aromatic N) is 1. The molecule has 98 valence electrons. The first-order chi connectivity index (χ1) is 7.98. The highest BCUT2D eigenvalue weighted by atomic mass is 19.4. The third-order valence-corrected chi connectivity index (χ3v) is 3.48. The van der Waals surface area contributed by atoms with Gasteiger partial charge in [-0.15, -0.1) is 0 Å². The molecule has 2 unspecified atom stereocenters. The zero-order valence-corrected chi connectivity index (χ0v) is 9.50. The minimum absolute atomic E-state index is 0.0812. The number of carbonyl (C=O) groups is 1. The van der Waals surface area contributed by atoms with Crippen molar-refractivity contribution in [2.45, 2.75) is 38.3 Å². The van der Waals surface area contributed by atoms with Crippen LogP contribution in [0.15, 0.2) is 0 Å². The van der Waals surface area contributed by atoms with Gasteiger partial charge in [-0.25, -0.2) is 5.06 Å². The first kappa shape index (κ1) is 12.7. The van der Waals surface area contributed by atoms with Gasteiger partial charge in [0.25, 0.3) is 0 Å². The van der Waals surface area contributed by atoms with E-state index in [1.54, 1.807) is 0 Å². The van der Waals surface area contributed by atoms with Crippen LogP contribution in [0.1, 0.15) is 32.1 Å². The molecule has 1 saturated carbocycles. The summed E-state index contributed by atoms with van der Waals surface area (Å²) in [5.41, 5.74) is 0. The van der Waals surface area contributed by atoms with Gasteiger partial charge in [0.2, 0.25) is 5.91 Å². The lowest BCUT2D eigenvalue weighted by Gasteiger charge is -2.31. The lowest BCUT2D eigenvalue weighted by atomic mass is 9.80. The Kier molecular flexibility index (Phi) is 3.61. The van der Waals surface area contributed by atoms with E-state index in [2.05, 4.69) is 0 Å². The normalized spacial score (nSPS) is 30.6. The summed E-state index contributed by atoms with van der Waals surface area (Å²) >= 11 is 0. The predicted octanol–water partition coefficient (Wildman–Crippen LogP) is 2.52. The average Bonchev–Trinajstić information content (AvgIpc) is 2.80. The van der Waals surface area contributed by atoms with E-state index >= 15 is 0 Å². The zero-order chi connectivity index (χ0) is 12.5. The number of alkyl halides is 3. The molecule has 2 aliphatic rings. The lowest BCUT2D eigenvalue weighted by molar-refractivity contribution is -0.194. The molecule has 0 bridgehead atoms. The molecule has 0 radical (unpaired) electrons. The summed E-state index contributed by atoms with van der Waals surface area (Å²) in [4.78, 5) is 17.0. The monoisotopic (exact) mass is 251 g/mol. The molecular formula is C11H16F3NO2. The van der Waals surface area contributed by atoms with Gasteiger partial charge in [-0.3, -0.25) is 9.63 Å². The third kappa shape index (κ3) is 2.91. The molecule has 1 heterocycles. The van der Waals surface area contributed by atoms with Crippen LogP contribution < -0.4 is 0 Å². The number of rotatable bonds is 1. The highest BCUT2D eigenvalue weighted by Crippen LogP contribution is 2.40. The molecule has 2 rings (SSSR count). The molecule has 0 aromatic carbocycles. The van der Waals surface area contributed by atoms with Crippen molar-refractivity contribution >= 4 is 5.91 Å². The van der Waals surface area contributed by atoms with Crippen LogP contribution in [0.5, 0.6) is 0 Å². The molecule has 0 N–H and O–H groups in total. The van der Waals surface area contributed by atoms with Crippen LogP contribution in [-0.2, 0) is 9.63 Å². The summed E-state index contributed by atoms with van der Waals surface area (Å²) in [5, 5.41) is 1.24. The van der Waals surface area contributed by atoms with Crippen LogP contribution in [0.2, 0.25) is 0 Å². The van der Waals surface area contributed by atoms with Crippen LogP contribution in [0, 0.1) is 11.8 Å². The third-order valence-electron chi connectivity index (χ3n) is 3.48. The van der Waals surface area contributed by atoms with Crippen molar-refractivity contribution in [1.29, 1.82) is 0 Å². The highest BCUT2D eigenvalue weighted by Gasteiger charge is 2.44. The molecule has 1 aliphatic carbocycles. The fourth-order valence-electron chi connectivity index (χ4n) is 2.54. The van der Waals surface area contributed by atoms with Crippen LogP contribution in [-0.4, -0.2) is 30.3 Å². The second kappa shape index (κ2) is 4.84. The maximum atomic E-state index is 12.6. The summed E-state index contributed by atoms with van der Waals surface area (Å²) in [6.07, 6.45) is -2.33. The summed E-state index contributed by atoms with van der Waals surface area (Å²) in [6.45, 7) is 0.993. The first-order valence-electron chi connectivity index (χ1n) is 5.99. The van der Waals surface area contributed by atoms with Gasteiger partial charge in [0, 0.05) is 5.92 Å². The van der Waals surface area contributed by atoms with E-state index in [1.807, 2.05) is 0 Å². The van der Waals surface area contributed by atoms with Gasteiger partial charge in [-0.2, -0.15) is 13.2 Å². The Bertz CT molecular complexity index is 287. The van der Waals surface area contributed by atoms with Gasteiger partial charge in [0.15, 0.2) is 0 Å². The molecule has 0 aromatic rings. The van der Waals surface area contributed by atoms with Crippen LogP contribution in [0.4, 0.5) is 13.2 Å². The number of hydrogen-bond acceptors (Lipinski definition) is 2. The Morgan fingerprint density at radius 2 is 2.00 bits per heavy atom. The molecule has 2 fully saturated rings. The maximum absolute atomic E-state index is 12.6.